The van der Waals surface area contributed by atoms with E-state index >= 15 is 0 Å². The fourth-order valence-electron chi connectivity index (χ4n) is 3.30. The summed E-state index contributed by atoms with van der Waals surface area (Å²) in [5.41, 5.74) is 9.88. The molecule has 0 bridgehead atoms. The predicted octanol–water partition coefficient (Wildman–Crippen LogP) is 2.75. The van der Waals surface area contributed by atoms with Gasteiger partial charge < -0.3 is 15.2 Å². The van der Waals surface area contributed by atoms with Gasteiger partial charge in [0.25, 0.3) is 0 Å². The van der Waals surface area contributed by atoms with Crippen LogP contribution in [0.25, 0.3) is 0 Å². The van der Waals surface area contributed by atoms with Gasteiger partial charge in [0.1, 0.15) is 0 Å². The van der Waals surface area contributed by atoms with Crippen molar-refractivity contribution < 1.29 is 0 Å². The lowest BCUT2D eigenvalue weighted by Crippen LogP contribution is -2.23. The zero-order valence-corrected chi connectivity index (χ0v) is 12.7. The molecule has 0 saturated carbocycles. The highest BCUT2D eigenvalue weighted by molar-refractivity contribution is 5.60. The molecule has 0 radical (unpaired) electrons. The van der Waals surface area contributed by atoms with E-state index in [2.05, 4.69) is 45.6 Å². The Labute approximate surface area is 126 Å². The van der Waals surface area contributed by atoms with E-state index in [4.69, 9.17) is 5.73 Å². The van der Waals surface area contributed by atoms with Gasteiger partial charge in [0, 0.05) is 30.9 Å². The summed E-state index contributed by atoms with van der Waals surface area (Å²) < 4.78 is 2.26. The van der Waals surface area contributed by atoms with Crippen LogP contribution in [0, 0.1) is 0 Å². The molecule has 2 N–H and O–H groups in total. The van der Waals surface area contributed by atoms with Gasteiger partial charge in [-0.25, -0.2) is 4.98 Å². The molecular formula is C17H24N4. The number of hydrogen-bond acceptors (Lipinski definition) is 3. The Bertz CT molecular complexity index is 590. The molecule has 1 unspecified atom stereocenters. The van der Waals surface area contributed by atoms with Crippen LogP contribution in [0.2, 0.25) is 0 Å². The first-order valence-electron chi connectivity index (χ1n) is 7.86. The van der Waals surface area contributed by atoms with E-state index < -0.39 is 0 Å². The van der Waals surface area contributed by atoms with Gasteiger partial charge >= 0.3 is 0 Å². The minimum Gasteiger partial charge on any atom is -0.365 e. The number of imidazole rings is 1. The largest absolute Gasteiger partial charge is 0.365 e. The molecule has 4 heteroatoms. The van der Waals surface area contributed by atoms with Crippen molar-refractivity contribution in [3.05, 3.63) is 48.0 Å². The Balaban J connectivity index is 1.82. The Hall–Kier alpha value is -1.81. The topological polar surface area (TPSA) is 47.1 Å². The normalized spacial score (nSPS) is 17.2. The van der Waals surface area contributed by atoms with E-state index in [-0.39, 0.29) is 0 Å². The summed E-state index contributed by atoms with van der Waals surface area (Å²) in [6.07, 6.45) is 6.13. The van der Waals surface area contributed by atoms with Crippen LogP contribution >= 0.6 is 0 Å². The van der Waals surface area contributed by atoms with Crippen molar-refractivity contribution in [3.8, 4) is 0 Å². The van der Waals surface area contributed by atoms with Crippen molar-refractivity contribution in [1.82, 2.24) is 9.55 Å². The van der Waals surface area contributed by atoms with Crippen LogP contribution in [0.15, 0.2) is 36.8 Å². The molecule has 1 atom stereocenters. The average Bonchev–Trinajstić information content (AvgIpc) is 3.07. The fraction of sp³-hybridized carbons (Fsp3) is 0.471. The van der Waals surface area contributed by atoms with Crippen molar-refractivity contribution in [1.29, 1.82) is 0 Å². The second-order valence-corrected chi connectivity index (χ2v) is 5.79. The Kier molecular flexibility index (Phi) is 4.25. The van der Waals surface area contributed by atoms with E-state index in [1.54, 1.807) is 0 Å². The molecule has 0 spiro atoms. The highest BCUT2D eigenvalue weighted by Gasteiger charge is 2.27. The van der Waals surface area contributed by atoms with Gasteiger partial charge in [-0.2, -0.15) is 0 Å². The lowest BCUT2D eigenvalue weighted by molar-refractivity contribution is 0.612. The molecule has 3 rings (SSSR count). The van der Waals surface area contributed by atoms with Crippen molar-refractivity contribution in [2.45, 2.75) is 38.8 Å². The van der Waals surface area contributed by atoms with Crippen molar-refractivity contribution in [2.75, 3.05) is 18.0 Å². The van der Waals surface area contributed by atoms with E-state index in [0.717, 1.165) is 39.0 Å². The van der Waals surface area contributed by atoms with E-state index in [1.807, 2.05) is 12.5 Å². The van der Waals surface area contributed by atoms with Crippen molar-refractivity contribution >= 4 is 5.69 Å². The molecule has 1 aromatic carbocycles. The minimum absolute atomic E-state index is 0.564. The third-order valence-electron chi connectivity index (χ3n) is 4.29. The zero-order chi connectivity index (χ0) is 14.7. The van der Waals surface area contributed by atoms with Gasteiger partial charge in [0.2, 0.25) is 0 Å². The van der Waals surface area contributed by atoms with Crippen LogP contribution in [0.4, 0.5) is 5.69 Å². The molecule has 2 heterocycles. The van der Waals surface area contributed by atoms with Gasteiger partial charge in [-0.05, 0) is 31.0 Å². The molecule has 0 aliphatic carbocycles. The number of anilines is 1. The SMILES string of the molecule is CCCn1cncc1CN1CC(CCN)c2ccccc21. The number of aromatic nitrogens is 2. The lowest BCUT2D eigenvalue weighted by atomic mass is 9.98. The van der Waals surface area contributed by atoms with Crippen LogP contribution in [0.1, 0.15) is 36.9 Å². The van der Waals surface area contributed by atoms with Crippen LogP contribution in [-0.2, 0) is 13.1 Å². The number of benzene rings is 1. The highest BCUT2D eigenvalue weighted by atomic mass is 15.2. The zero-order valence-electron chi connectivity index (χ0n) is 12.7. The Morgan fingerprint density at radius 2 is 2.19 bits per heavy atom. The molecule has 1 aliphatic heterocycles. The van der Waals surface area contributed by atoms with Gasteiger partial charge in [-0.3, -0.25) is 0 Å². The molecule has 1 aromatic heterocycles. The maximum absolute atomic E-state index is 5.78. The number of rotatable bonds is 6. The summed E-state index contributed by atoms with van der Waals surface area (Å²) in [7, 11) is 0. The second kappa shape index (κ2) is 6.31. The van der Waals surface area contributed by atoms with Crippen LogP contribution in [-0.4, -0.2) is 22.6 Å². The van der Waals surface area contributed by atoms with Crippen LogP contribution < -0.4 is 10.6 Å². The summed E-state index contributed by atoms with van der Waals surface area (Å²) in [4.78, 5) is 6.78. The van der Waals surface area contributed by atoms with E-state index in [1.165, 1.54) is 16.9 Å². The monoisotopic (exact) mass is 284 g/mol. The number of hydrogen-bond donors (Lipinski definition) is 1. The number of aryl methyl sites for hydroxylation is 1. The number of nitrogens with two attached hydrogens (primary N) is 1. The summed E-state index contributed by atoms with van der Waals surface area (Å²) in [6, 6.07) is 8.73. The minimum atomic E-state index is 0.564. The summed E-state index contributed by atoms with van der Waals surface area (Å²) >= 11 is 0. The average molecular weight is 284 g/mol. The molecule has 0 saturated heterocycles. The van der Waals surface area contributed by atoms with Gasteiger partial charge in [0.15, 0.2) is 0 Å². The Morgan fingerprint density at radius 1 is 1.33 bits per heavy atom. The smallest absolute Gasteiger partial charge is 0.0948 e. The third kappa shape index (κ3) is 2.81. The van der Waals surface area contributed by atoms with Crippen LogP contribution in [0.3, 0.4) is 0 Å². The second-order valence-electron chi connectivity index (χ2n) is 5.79. The maximum Gasteiger partial charge on any atom is 0.0948 e. The fourth-order valence-corrected chi connectivity index (χ4v) is 3.30. The molecule has 112 valence electrons. The first-order chi connectivity index (χ1) is 10.3. The molecule has 4 nitrogen and oxygen atoms in total. The summed E-state index contributed by atoms with van der Waals surface area (Å²) in [5.74, 6) is 0.564. The number of fused-ring (bicyclic) bond motifs is 1. The first-order valence-corrected chi connectivity index (χ1v) is 7.86. The molecule has 0 fully saturated rings. The maximum atomic E-state index is 5.78. The Morgan fingerprint density at radius 3 is 3.00 bits per heavy atom. The van der Waals surface area contributed by atoms with E-state index in [9.17, 15) is 0 Å². The predicted molar refractivity (Wildman–Crippen MR) is 86.4 cm³/mol. The van der Waals surface area contributed by atoms with Crippen molar-refractivity contribution in [3.63, 3.8) is 0 Å². The van der Waals surface area contributed by atoms with E-state index in [0.29, 0.717) is 5.92 Å². The quantitative estimate of drug-likeness (QED) is 0.887. The molecule has 0 amide bonds. The molecule has 1 aliphatic rings. The highest BCUT2D eigenvalue weighted by Crippen LogP contribution is 2.38. The number of para-hydroxylation sites is 1. The first kappa shape index (κ1) is 14.1. The van der Waals surface area contributed by atoms with Gasteiger partial charge in [0.05, 0.1) is 18.6 Å². The third-order valence-corrected chi connectivity index (χ3v) is 4.29. The summed E-state index contributed by atoms with van der Waals surface area (Å²) in [5, 5.41) is 0. The van der Waals surface area contributed by atoms with Crippen molar-refractivity contribution in [2.24, 2.45) is 5.73 Å². The summed E-state index contributed by atoms with van der Waals surface area (Å²) in [6.45, 7) is 5.98. The standard InChI is InChI=1S/C17H24N4/c1-2-9-20-13-19-10-15(20)12-21-11-14(7-8-18)16-5-3-4-6-17(16)21/h3-6,10,13-14H,2,7-9,11-12,18H2,1H3. The molecular weight excluding hydrogens is 260 g/mol. The lowest BCUT2D eigenvalue weighted by Gasteiger charge is -2.20. The number of nitrogens with zero attached hydrogens (tertiary/aromatic N) is 3. The molecule has 21 heavy (non-hydrogen) atoms. The van der Waals surface area contributed by atoms with Crippen LogP contribution in [0.5, 0.6) is 0 Å². The molecule has 2 aromatic rings. The van der Waals surface area contributed by atoms with Gasteiger partial charge in [-0.1, -0.05) is 25.1 Å². The van der Waals surface area contributed by atoms with Gasteiger partial charge in [-0.15, -0.1) is 0 Å².